The fraction of sp³-hybridized carbons (Fsp3) is 0.235. The maximum atomic E-state index is 13.0. The average Bonchev–Trinajstić information content (AvgIpc) is 3.74. The number of aromatic nitrogens is 3. The number of rotatable bonds is 10. The topological polar surface area (TPSA) is 118 Å². The Hall–Kier alpha value is -5.18. The molecule has 1 amide bonds. The van der Waals surface area contributed by atoms with Crippen LogP contribution >= 0.6 is 0 Å². The number of hydrogen-bond donors (Lipinski definition) is 3. The molecule has 0 bridgehead atoms. The van der Waals surface area contributed by atoms with Crippen LogP contribution in [0.1, 0.15) is 55.8 Å². The summed E-state index contributed by atoms with van der Waals surface area (Å²) in [6.45, 7) is 4.65. The second kappa shape index (κ2) is 12.0. The third-order valence-corrected chi connectivity index (χ3v) is 7.65. The molecule has 1 saturated carbocycles. The molecule has 0 aliphatic heterocycles. The predicted octanol–water partition coefficient (Wildman–Crippen LogP) is 6.11. The zero-order valence-electron chi connectivity index (χ0n) is 24.4. The SMILES string of the molecule is COc1cc(CNc2ncccc2C(=O)OCc2ccc(C)c(C)c2)cc(-c2c[nH]c3ncc(C(=O)NC4CC4)cc23)c1. The Morgan fingerprint density at radius 2 is 1.86 bits per heavy atom. The molecule has 0 saturated heterocycles. The van der Waals surface area contributed by atoms with Crippen LogP contribution in [0.5, 0.6) is 5.75 Å². The number of carbonyl (C=O) groups excluding carboxylic acids is 2. The van der Waals surface area contributed by atoms with E-state index in [1.807, 2.05) is 62.5 Å². The van der Waals surface area contributed by atoms with E-state index in [-0.39, 0.29) is 18.6 Å². The first kappa shape index (κ1) is 28.0. The molecule has 0 radical (unpaired) electrons. The van der Waals surface area contributed by atoms with Crippen molar-refractivity contribution in [2.75, 3.05) is 12.4 Å². The number of ether oxygens (including phenoxy) is 2. The number of amides is 1. The molecule has 0 unspecified atom stereocenters. The van der Waals surface area contributed by atoms with E-state index in [0.717, 1.165) is 46.0 Å². The van der Waals surface area contributed by atoms with Gasteiger partial charge >= 0.3 is 5.97 Å². The zero-order valence-corrected chi connectivity index (χ0v) is 24.4. The fourth-order valence-corrected chi connectivity index (χ4v) is 4.92. The van der Waals surface area contributed by atoms with Crippen molar-refractivity contribution in [2.45, 2.75) is 45.9 Å². The third-order valence-electron chi connectivity index (χ3n) is 7.65. The number of fused-ring (bicyclic) bond motifs is 1. The molecule has 43 heavy (non-hydrogen) atoms. The lowest BCUT2D eigenvalue weighted by Gasteiger charge is -2.13. The number of nitrogens with one attached hydrogen (secondary N) is 3. The average molecular weight is 576 g/mol. The van der Waals surface area contributed by atoms with Gasteiger partial charge in [0.2, 0.25) is 0 Å². The van der Waals surface area contributed by atoms with E-state index in [4.69, 9.17) is 9.47 Å². The fourth-order valence-electron chi connectivity index (χ4n) is 4.92. The summed E-state index contributed by atoms with van der Waals surface area (Å²) in [6, 6.07) is 17.5. The Morgan fingerprint density at radius 3 is 2.65 bits per heavy atom. The van der Waals surface area contributed by atoms with E-state index >= 15 is 0 Å². The summed E-state index contributed by atoms with van der Waals surface area (Å²) in [5.41, 5.74) is 7.57. The minimum absolute atomic E-state index is 0.113. The molecule has 1 aliphatic carbocycles. The molecule has 3 aromatic heterocycles. The number of aromatic amines is 1. The van der Waals surface area contributed by atoms with E-state index in [9.17, 15) is 9.59 Å². The predicted molar refractivity (Wildman–Crippen MR) is 165 cm³/mol. The largest absolute Gasteiger partial charge is 0.497 e. The molecule has 0 atom stereocenters. The van der Waals surface area contributed by atoms with Gasteiger partial charge in [0.05, 0.1) is 12.7 Å². The van der Waals surface area contributed by atoms with Crippen LogP contribution in [0.25, 0.3) is 22.2 Å². The summed E-state index contributed by atoms with van der Waals surface area (Å²) >= 11 is 0. The number of H-pyrrole nitrogens is 1. The highest BCUT2D eigenvalue weighted by atomic mass is 16.5. The molecule has 1 fully saturated rings. The molecule has 3 N–H and O–H groups in total. The molecule has 9 heteroatoms. The maximum Gasteiger partial charge on any atom is 0.342 e. The summed E-state index contributed by atoms with van der Waals surface area (Å²) in [7, 11) is 1.62. The molecule has 2 aromatic carbocycles. The first-order valence-corrected chi connectivity index (χ1v) is 14.3. The van der Waals surface area contributed by atoms with Crippen molar-refractivity contribution < 1.29 is 19.1 Å². The van der Waals surface area contributed by atoms with Gasteiger partial charge in [0.15, 0.2) is 0 Å². The molecular weight excluding hydrogens is 542 g/mol. The van der Waals surface area contributed by atoms with Crippen molar-refractivity contribution in [3.8, 4) is 16.9 Å². The molecule has 5 aromatic rings. The third kappa shape index (κ3) is 6.35. The van der Waals surface area contributed by atoms with Crippen LogP contribution < -0.4 is 15.4 Å². The van der Waals surface area contributed by atoms with Crippen molar-refractivity contribution in [3.05, 3.63) is 107 Å². The van der Waals surface area contributed by atoms with Crippen LogP contribution in [0.4, 0.5) is 5.82 Å². The molecule has 218 valence electrons. The lowest BCUT2D eigenvalue weighted by Crippen LogP contribution is -2.25. The Balaban J connectivity index is 1.21. The van der Waals surface area contributed by atoms with E-state index in [0.29, 0.717) is 34.9 Å². The van der Waals surface area contributed by atoms with Crippen molar-refractivity contribution in [2.24, 2.45) is 0 Å². The van der Waals surface area contributed by atoms with Gasteiger partial charge in [-0.1, -0.05) is 18.2 Å². The number of aryl methyl sites for hydroxylation is 2. The maximum absolute atomic E-state index is 13.0. The highest BCUT2D eigenvalue weighted by molar-refractivity contribution is 6.01. The smallest absolute Gasteiger partial charge is 0.342 e. The molecule has 0 spiro atoms. The molecule has 3 heterocycles. The number of anilines is 1. The van der Waals surface area contributed by atoms with E-state index in [2.05, 4.69) is 25.6 Å². The minimum atomic E-state index is -0.451. The second-order valence-electron chi connectivity index (χ2n) is 10.9. The Labute approximate surface area is 249 Å². The Morgan fingerprint density at radius 1 is 1.00 bits per heavy atom. The molecule has 9 nitrogen and oxygen atoms in total. The number of nitrogens with zero attached hydrogens (tertiary/aromatic N) is 2. The Bertz CT molecular complexity index is 1830. The number of pyridine rings is 2. The highest BCUT2D eigenvalue weighted by Gasteiger charge is 2.24. The van der Waals surface area contributed by atoms with Gasteiger partial charge < -0.3 is 25.1 Å². The lowest BCUT2D eigenvalue weighted by molar-refractivity contribution is 0.0473. The molecular formula is C34H33N5O4. The summed E-state index contributed by atoms with van der Waals surface area (Å²) in [4.78, 5) is 37.8. The number of hydrogen-bond acceptors (Lipinski definition) is 7. The van der Waals surface area contributed by atoms with Crippen LogP contribution in [-0.2, 0) is 17.9 Å². The summed E-state index contributed by atoms with van der Waals surface area (Å²) in [6.07, 6.45) is 7.15. The van der Waals surface area contributed by atoms with E-state index < -0.39 is 5.97 Å². The summed E-state index contributed by atoms with van der Waals surface area (Å²) in [5.74, 6) is 0.541. The van der Waals surface area contributed by atoms with Gasteiger partial charge in [-0.3, -0.25) is 4.79 Å². The van der Waals surface area contributed by atoms with Crippen molar-refractivity contribution in [1.82, 2.24) is 20.3 Å². The summed E-state index contributed by atoms with van der Waals surface area (Å²) in [5, 5.41) is 7.16. The van der Waals surface area contributed by atoms with Crippen LogP contribution in [0.15, 0.2) is 73.2 Å². The van der Waals surface area contributed by atoms with Crippen molar-refractivity contribution >= 4 is 28.7 Å². The Kier molecular flexibility index (Phi) is 7.79. The number of methoxy groups -OCH3 is 1. The normalized spacial score (nSPS) is 12.6. The quantitative estimate of drug-likeness (QED) is 0.172. The van der Waals surface area contributed by atoms with Gasteiger partial charge in [-0.25, -0.2) is 14.8 Å². The number of benzene rings is 2. The van der Waals surface area contributed by atoms with Crippen LogP contribution in [0.2, 0.25) is 0 Å². The first-order valence-electron chi connectivity index (χ1n) is 14.3. The van der Waals surface area contributed by atoms with Crippen molar-refractivity contribution in [3.63, 3.8) is 0 Å². The van der Waals surface area contributed by atoms with E-state index in [1.54, 1.807) is 31.6 Å². The number of esters is 1. The van der Waals surface area contributed by atoms with Gasteiger partial charge in [-0.2, -0.15) is 0 Å². The van der Waals surface area contributed by atoms with E-state index in [1.165, 1.54) is 5.56 Å². The van der Waals surface area contributed by atoms with Crippen LogP contribution in [-0.4, -0.2) is 40.0 Å². The van der Waals surface area contributed by atoms with Crippen molar-refractivity contribution in [1.29, 1.82) is 0 Å². The monoisotopic (exact) mass is 575 g/mol. The van der Waals surface area contributed by atoms with Gasteiger partial charge in [0.25, 0.3) is 5.91 Å². The molecule has 1 aliphatic rings. The highest BCUT2D eigenvalue weighted by Crippen LogP contribution is 2.32. The summed E-state index contributed by atoms with van der Waals surface area (Å²) < 4.78 is 11.2. The molecule has 6 rings (SSSR count). The van der Waals surface area contributed by atoms with Gasteiger partial charge in [-0.05, 0) is 90.9 Å². The lowest BCUT2D eigenvalue weighted by atomic mass is 10.0. The van der Waals surface area contributed by atoms with Gasteiger partial charge in [0, 0.05) is 42.1 Å². The second-order valence-corrected chi connectivity index (χ2v) is 10.9. The number of carbonyl (C=O) groups is 2. The van der Waals surface area contributed by atoms with Gasteiger partial charge in [0.1, 0.15) is 29.4 Å². The van der Waals surface area contributed by atoms with Gasteiger partial charge in [-0.15, -0.1) is 0 Å². The standard InChI is InChI=1S/C34H33N5O4/c1-20-6-7-22(11-21(20)2)19-43-34(41)28-5-4-10-35-31(28)36-16-23-12-24(14-27(13-23)42-3)30-18-38-32-29(30)15-25(17-37-32)33(40)39-26-8-9-26/h4-7,10-15,17-18,26H,8-9,16,19H2,1-3H3,(H,35,36)(H,37,38)(H,39,40). The zero-order chi connectivity index (χ0) is 29.9. The van der Waals surface area contributed by atoms with Crippen LogP contribution in [0.3, 0.4) is 0 Å². The minimum Gasteiger partial charge on any atom is -0.497 e. The van der Waals surface area contributed by atoms with Crippen LogP contribution in [0, 0.1) is 13.8 Å². The first-order chi connectivity index (χ1) is 20.9.